The van der Waals surface area contributed by atoms with Crippen LogP contribution in [0.5, 0.6) is 0 Å². The Hall–Kier alpha value is -2.49. The molecule has 0 atom stereocenters. The molecule has 29 heavy (non-hydrogen) atoms. The van der Waals surface area contributed by atoms with E-state index >= 15 is 0 Å². The van der Waals surface area contributed by atoms with Gasteiger partial charge in [-0.3, -0.25) is 14.4 Å². The monoisotopic (exact) mass is 417 g/mol. The van der Waals surface area contributed by atoms with E-state index in [1.807, 2.05) is 56.1 Å². The Morgan fingerprint density at radius 2 is 1.79 bits per heavy atom. The molecule has 1 saturated heterocycles. The lowest BCUT2D eigenvalue weighted by atomic mass is 10.2. The van der Waals surface area contributed by atoms with Gasteiger partial charge in [0.15, 0.2) is 0 Å². The molecule has 0 bridgehead atoms. The Morgan fingerprint density at radius 1 is 1.14 bits per heavy atom. The summed E-state index contributed by atoms with van der Waals surface area (Å²) < 4.78 is 28.3. The Balaban J connectivity index is 1.52. The molecule has 1 aromatic carbocycles. The van der Waals surface area contributed by atoms with Gasteiger partial charge < -0.3 is 5.32 Å². The molecule has 2 aromatic rings. The number of aromatic nitrogens is 2. The van der Waals surface area contributed by atoms with Gasteiger partial charge in [0, 0.05) is 38.6 Å². The van der Waals surface area contributed by atoms with E-state index in [1.165, 1.54) is 9.71 Å². The molecular formula is C20H27N5O3S. The molecule has 8 nitrogen and oxygen atoms in total. The molecule has 1 fully saturated rings. The van der Waals surface area contributed by atoms with Crippen molar-refractivity contribution in [2.75, 3.05) is 38.0 Å². The van der Waals surface area contributed by atoms with Crippen LogP contribution in [0.1, 0.15) is 17.0 Å². The van der Waals surface area contributed by atoms with E-state index in [4.69, 9.17) is 0 Å². The minimum Gasteiger partial charge on any atom is -0.322 e. The zero-order chi connectivity index (χ0) is 21.0. The van der Waals surface area contributed by atoms with E-state index in [0.717, 1.165) is 22.6 Å². The molecule has 3 rings (SSSR count). The standard InChI is InChI=1S/C20H27N5O3S/c1-16-20(17(2)23(3)22-16)21-19(26)15-24-10-12-25(13-11-24)29(27,28)14-9-18-7-5-4-6-8-18/h4-9,14H,10-13,15H2,1-3H3,(H,21,26)/b14-9+. The normalized spacial score (nSPS) is 16.4. The molecule has 2 heterocycles. The molecule has 1 aliphatic rings. The van der Waals surface area contributed by atoms with E-state index in [-0.39, 0.29) is 12.5 Å². The van der Waals surface area contributed by atoms with Crippen LogP contribution >= 0.6 is 0 Å². The lowest BCUT2D eigenvalue weighted by molar-refractivity contribution is -0.117. The zero-order valence-corrected chi connectivity index (χ0v) is 17.8. The lowest BCUT2D eigenvalue weighted by Gasteiger charge is -2.32. The molecule has 0 unspecified atom stereocenters. The van der Waals surface area contributed by atoms with Crippen molar-refractivity contribution in [2.24, 2.45) is 7.05 Å². The van der Waals surface area contributed by atoms with Crippen molar-refractivity contribution in [1.82, 2.24) is 19.0 Å². The smallest absolute Gasteiger partial charge is 0.238 e. The van der Waals surface area contributed by atoms with E-state index in [0.29, 0.717) is 26.2 Å². The van der Waals surface area contributed by atoms with Gasteiger partial charge >= 0.3 is 0 Å². The second kappa shape index (κ2) is 8.89. The van der Waals surface area contributed by atoms with Crippen LogP contribution in [0.3, 0.4) is 0 Å². The average molecular weight is 418 g/mol. The summed E-state index contributed by atoms with van der Waals surface area (Å²) in [5, 5.41) is 8.46. The topological polar surface area (TPSA) is 87.5 Å². The van der Waals surface area contributed by atoms with Crippen molar-refractivity contribution in [3.8, 4) is 0 Å². The maximum atomic E-state index is 12.5. The van der Waals surface area contributed by atoms with Crippen molar-refractivity contribution < 1.29 is 13.2 Å². The molecule has 0 spiro atoms. The maximum absolute atomic E-state index is 12.5. The Bertz CT molecular complexity index is 991. The molecule has 1 aromatic heterocycles. The molecule has 1 aliphatic heterocycles. The van der Waals surface area contributed by atoms with Gasteiger partial charge in [0.2, 0.25) is 15.9 Å². The molecule has 0 saturated carbocycles. The number of nitrogens with zero attached hydrogens (tertiary/aromatic N) is 4. The van der Waals surface area contributed by atoms with Gasteiger partial charge in [-0.15, -0.1) is 0 Å². The first kappa shape index (κ1) is 21.2. The second-order valence-electron chi connectivity index (χ2n) is 7.15. The van der Waals surface area contributed by atoms with E-state index in [9.17, 15) is 13.2 Å². The van der Waals surface area contributed by atoms with Crippen LogP contribution in [-0.2, 0) is 21.9 Å². The summed E-state index contributed by atoms with van der Waals surface area (Å²) in [6.45, 7) is 5.73. The van der Waals surface area contributed by atoms with E-state index < -0.39 is 10.0 Å². The van der Waals surface area contributed by atoms with Gasteiger partial charge in [-0.25, -0.2) is 8.42 Å². The quantitative estimate of drug-likeness (QED) is 0.771. The first-order chi connectivity index (χ1) is 13.8. The number of aryl methyl sites for hydroxylation is 2. The predicted octanol–water partition coefficient (Wildman–Crippen LogP) is 1.59. The fourth-order valence-corrected chi connectivity index (χ4v) is 4.47. The van der Waals surface area contributed by atoms with Gasteiger partial charge in [0.05, 0.1) is 23.6 Å². The fraction of sp³-hybridized carbons (Fsp3) is 0.400. The molecular weight excluding hydrogens is 390 g/mol. The van der Waals surface area contributed by atoms with Crippen LogP contribution in [-0.4, -0.2) is 66.0 Å². The SMILES string of the molecule is Cc1nn(C)c(C)c1NC(=O)CN1CCN(S(=O)(=O)/C=C/c2ccccc2)CC1. The Labute approximate surface area is 171 Å². The molecule has 156 valence electrons. The summed E-state index contributed by atoms with van der Waals surface area (Å²) in [6.07, 6.45) is 1.60. The van der Waals surface area contributed by atoms with Gasteiger partial charge in [-0.2, -0.15) is 9.40 Å². The first-order valence-corrected chi connectivity index (χ1v) is 11.0. The maximum Gasteiger partial charge on any atom is 0.238 e. The van der Waals surface area contributed by atoms with Gasteiger partial charge in [0.1, 0.15) is 0 Å². The summed E-state index contributed by atoms with van der Waals surface area (Å²) in [6, 6.07) is 9.33. The first-order valence-electron chi connectivity index (χ1n) is 9.52. The molecule has 1 amide bonds. The lowest BCUT2D eigenvalue weighted by Crippen LogP contribution is -2.49. The number of hydrogen-bond acceptors (Lipinski definition) is 5. The zero-order valence-electron chi connectivity index (χ0n) is 17.0. The van der Waals surface area contributed by atoms with Crippen molar-refractivity contribution >= 4 is 27.7 Å². The fourth-order valence-electron chi connectivity index (χ4n) is 3.29. The summed E-state index contributed by atoms with van der Waals surface area (Å²) in [7, 11) is -1.64. The predicted molar refractivity (Wildman–Crippen MR) is 114 cm³/mol. The average Bonchev–Trinajstić information content (AvgIpc) is 2.94. The number of amides is 1. The van der Waals surface area contributed by atoms with Crippen molar-refractivity contribution in [1.29, 1.82) is 0 Å². The second-order valence-corrected chi connectivity index (χ2v) is 8.97. The molecule has 9 heteroatoms. The molecule has 1 N–H and O–H groups in total. The number of benzene rings is 1. The van der Waals surface area contributed by atoms with Gasteiger partial charge in [-0.1, -0.05) is 30.3 Å². The van der Waals surface area contributed by atoms with Gasteiger partial charge in [0.25, 0.3) is 0 Å². The van der Waals surface area contributed by atoms with Crippen LogP contribution in [0.2, 0.25) is 0 Å². The number of piperazine rings is 1. The van der Waals surface area contributed by atoms with Crippen molar-refractivity contribution in [3.05, 3.63) is 52.7 Å². The van der Waals surface area contributed by atoms with Crippen molar-refractivity contribution in [2.45, 2.75) is 13.8 Å². The third-order valence-electron chi connectivity index (χ3n) is 5.06. The summed E-state index contributed by atoms with van der Waals surface area (Å²) >= 11 is 0. The Morgan fingerprint density at radius 3 is 2.38 bits per heavy atom. The third-order valence-corrected chi connectivity index (χ3v) is 6.63. The highest BCUT2D eigenvalue weighted by Gasteiger charge is 2.26. The molecule has 0 radical (unpaired) electrons. The summed E-state index contributed by atoms with van der Waals surface area (Å²) in [5.74, 6) is -0.121. The number of anilines is 1. The summed E-state index contributed by atoms with van der Waals surface area (Å²) in [5.41, 5.74) is 3.26. The van der Waals surface area contributed by atoms with Crippen LogP contribution in [0, 0.1) is 13.8 Å². The van der Waals surface area contributed by atoms with Crippen LogP contribution in [0.25, 0.3) is 6.08 Å². The van der Waals surface area contributed by atoms with Crippen LogP contribution < -0.4 is 5.32 Å². The molecule has 0 aliphatic carbocycles. The van der Waals surface area contributed by atoms with Crippen LogP contribution in [0.15, 0.2) is 35.7 Å². The highest BCUT2D eigenvalue weighted by Crippen LogP contribution is 2.18. The number of carbonyl (C=O) groups is 1. The number of rotatable bonds is 6. The van der Waals surface area contributed by atoms with E-state index in [2.05, 4.69) is 10.4 Å². The number of nitrogens with one attached hydrogen (secondary N) is 1. The third kappa shape index (κ3) is 5.31. The van der Waals surface area contributed by atoms with Gasteiger partial charge in [-0.05, 0) is 25.5 Å². The largest absolute Gasteiger partial charge is 0.322 e. The minimum absolute atomic E-state index is 0.121. The van der Waals surface area contributed by atoms with Crippen LogP contribution in [0.4, 0.5) is 5.69 Å². The number of sulfonamides is 1. The Kier molecular flexibility index (Phi) is 6.51. The highest BCUT2D eigenvalue weighted by molar-refractivity contribution is 7.92. The number of carbonyl (C=O) groups excluding carboxylic acids is 1. The minimum atomic E-state index is -3.48. The number of hydrogen-bond donors (Lipinski definition) is 1. The van der Waals surface area contributed by atoms with Crippen molar-refractivity contribution in [3.63, 3.8) is 0 Å². The highest BCUT2D eigenvalue weighted by atomic mass is 32.2. The summed E-state index contributed by atoms with van der Waals surface area (Å²) in [4.78, 5) is 14.4. The van der Waals surface area contributed by atoms with E-state index in [1.54, 1.807) is 10.8 Å².